The smallest absolute Gasteiger partial charge is 0.339 e. The second-order valence-electron chi connectivity index (χ2n) is 8.19. The fourth-order valence-electron chi connectivity index (χ4n) is 4.21. The fourth-order valence-corrected chi connectivity index (χ4v) is 4.57. The minimum Gasteiger partial charge on any atom is -0.459 e. The third-order valence-corrected chi connectivity index (χ3v) is 6.04. The number of esters is 3. The Morgan fingerprint density at radius 1 is 1.12 bits per heavy atom. The van der Waals surface area contributed by atoms with Crippen molar-refractivity contribution in [3.05, 3.63) is 86.9 Å². The number of halogens is 1. The molecule has 2 aromatic rings. The van der Waals surface area contributed by atoms with Crippen LogP contribution in [0.2, 0.25) is 0 Å². The Balaban J connectivity index is 1.89. The van der Waals surface area contributed by atoms with E-state index >= 15 is 0 Å². The van der Waals surface area contributed by atoms with Crippen LogP contribution in [0.15, 0.2) is 75.7 Å². The first-order chi connectivity index (χ1) is 16.2. The molecule has 34 heavy (non-hydrogen) atoms. The molecule has 2 aliphatic rings. The minimum atomic E-state index is -1.96. The highest BCUT2D eigenvalue weighted by Crippen LogP contribution is 2.53. The molecule has 176 valence electrons. The number of nitrogens with two attached hydrogens (primary N) is 1. The summed E-state index contributed by atoms with van der Waals surface area (Å²) in [7, 11) is 0. The third kappa shape index (κ3) is 3.86. The largest absolute Gasteiger partial charge is 0.459 e. The Labute approximate surface area is 204 Å². The highest BCUT2D eigenvalue weighted by Gasteiger charge is 2.63. The molecule has 0 aliphatic carbocycles. The zero-order chi connectivity index (χ0) is 24.6. The molecular formula is C25H23BrN2O6. The summed E-state index contributed by atoms with van der Waals surface area (Å²) in [6.07, 6.45) is -0.496. The molecule has 0 bridgehead atoms. The van der Waals surface area contributed by atoms with Gasteiger partial charge in [0, 0.05) is 15.7 Å². The molecule has 0 radical (unpaired) electrons. The molecule has 0 unspecified atom stereocenters. The van der Waals surface area contributed by atoms with Gasteiger partial charge in [0.2, 0.25) is 0 Å². The molecular weight excluding hydrogens is 504 g/mol. The van der Waals surface area contributed by atoms with E-state index in [2.05, 4.69) is 21.2 Å². The summed E-state index contributed by atoms with van der Waals surface area (Å²) in [6.45, 7) is 4.79. The number of benzene rings is 2. The number of carbonyl (C=O) groups excluding carboxylic acids is 3. The van der Waals surface area contributed by atoms with Crippen LogP contribution in [-0.4, -0.2) is 24.0 Å². The second-order valence-corrected chi connectivity index (χ2v) is 9.11. The van der Waals surface area contributed by atoms with E-state index in [1.54, 1.807) is 44.2 Å². The highest BCUT2D eigenvalue weighted by molar-refractivity contribution is 9.10. The summed E-state index contributed by atoms with van der Waals surface area (Å²) in [5.41, 5.74) is 5.50. The molecule has 2 aliphatic heterocycles. The second kappa shape index (κ2) is 8.98. The van der Waals surface area contributed by atoms with Crippen molar-refractivity contribution < 1.29 is 28.6 Å². The molecule has 4 rings (SSSR count). The number of fused-ring (bicyclic) bond motifs is 2. The van der Waals surface area contributed by atoms with Crippen LogP contribution in [0.3, 0.4) is 0 Å². The molecule has 0 saturated carbocycles. The molecule has 1 atom stereocenters. The predicted molar refractivity (Wildman–Crippen MR) is 127 cm³/mol. The van der Waals surface area contributed by atoms with E-state index in [-0.39, 0.29) is 29.3 Å². The summed E-state index contributed by atoms with van der Waals surface area (Å²) in [5.74, 6) is -2.57. The Hall–Kier alpha value is -3.59. The molecule has 0 saturated heterocycles. The van der Waals surface area contributed by atoms with E-state index in [0.717, 1.165) is 5.56 Å². The van der Waals surface area contributed by atoms with Gasteiger partial charge in [-0.1, -0.05) is 46.3 Å². The Morgan fingerprint density at radius 3 is 2.50 bits per heavy atom. The number of cyclic esters (lactones) is 1. The number of ether oxygens (including phenoxy) is 3. The van der Waals surface area contributed by atoms with Gasteiger partial charge in [-0.2, -0.15) is 0 Å². The minimum absolute atomic E-state index is 0.0264. The maximum Gasteiger partial charge on any atom is 0.339 e. The molecule has 0 aromatic heterocycles. The number of carbonyl (C=O) groups is 3. The summed E-state index contributed by atoms with van der Waals surface area (Å²) in [6, 6.07) is 14.2. The molecule has 0 amide bonds. The fraction of sp³-hybridized carbons (Fsp3) is 0.240. The van der Waals surface area contributed by atoms with Crippen molar-refractivity contribution in [1.29, 1.82) is 0 Å². The van der Waals surface area contributed by atoms with Crippen LogP contribution in [0.25, 0.3) is 0 Å². The summed E-state index contributed by atoms with van der Waals surface area (Å²) in [4.78, 5) is 40.3. The quantitative estimate of drug-likeness (QED) is 0.446. The average Bonchev–Trinajstić information content (AvgIpc) is 3.03. The standard InChI is InChI=1S/C25H23BrN2O6/c1-13(2)33-23(30)20-21(27)28-18-10-9-16(26)11-17(18)25(20)19(14(3)34-24(25)31)22(29)32-12-15-7-5-4-6-8-15/h4-11,13,28H,12,27H2,1-3H3/t25-/m1/s1. The van der Waals surface area contributed by atoms with Crippen LogP contribution in [0.5, 0.6) is 0 Å². The summed E-state index contributed by atoms with van der Waals surface area (Å²) < 4.78 is 17.1. The van der Waals surface area contributed by atoms with Gasteiger partial charge in [-0.15, -0.1) is 0 Å². The van der Waals surface area contributed by atoms with Crippen LogP contribution >= 0.6 is 15.9 Å². The molecule has 2 aromatic carbocycles. The number of allylic oxidation sites excluding steroid dienone is 1. The van der Waals surface area contributed by atoms with Crippen LogP contribution in [0.4, 0.5) is 5.69 Å². The first-order valence-corrected chi connectivity index (χ1v) is 11.4. The lowest BCUT2D eigenvalue weighted by Gasteiger charge is -2.36. The van der Waals surface area contributed by atoms with Crippen LogP contribution < -0.4 is 11.1 Å². The maximum atomic E-state index is 13.6. The number of hydrogen-bond donors (Lipinski definition) is 2. The zero-order valence-corrected chi connectivity index (χ0v) is 20.4. The van der Waals surface area contributed by atoms with E-state index in [1.165, 1.54) is 6.92 Å². The monoisotopic (exact) mass is 526 g/mol. The van der Waals surface area contributed by atoms with Gasteiger partial charge in [0.05, 0.1) is 6.10 Å². The van der Waals surface area contributed by atoms with Crippen molar-refractivity contribution in [3.63, 3.8) is 0 Å². The molecule has 0 fully saturated rings. The van der Waals surface area contributed by atoms with Crippen molar-refractivity contribution in [2.45, 2.75) is 38.9 Å². The van der Waals surface area contributed by atoms with Gasteiger partial charge in [0.15, 0.2) is 5.41 Å². The van der Waals surface area contributed by atoms with Crippen LogP contribution in [0, 0.1) is 0 Å². The Kier molecular flexibility index (Phi) is 6.22. The van der Waals surface area contributed by atoms with Crippen LogP contribution in [0.1, 0.15) is 31.9 Å². The first kappa shape index (κ1) is 23.6. The van der Waals surface area contributed by atoms with E-state index < -0.39 is 29.4 Å². The van der Waals surface area contributed by atoms with Gasteiger partial charge in [-0.3, -0.25) is 0 Å². The van der Waals surface area contributed by atoms with Gasteiger partial charge in [0.1, 0.15) is 29.3 Å². The van der Waals surface area contributed by atoms with Gasteiger partial charge in [0.25, 0.3) is 0 Å². The SMILES string of the molecule is CC1=C(C(=O)OCc2ccccc2)[C@@]2(C(=O)O1)C(C(=O)OC(C)C)=C(N)Nc1ccc(Br)cc12. The first-order valence-electron chi connectivity index (χ1n) is 10.6. The summed E-state index contributed by atoms with van der Waals surface area (Å²) in [5, 5.41) is 2.95. The van der Waals surface area contributed by atoms with Crippen molar-refractivity contribution in [1.82, 2.24) is 0 Å². The average molecular weight is 527 g/mol. The van der Waals surface area contributed by atoms with Gasteiger partial charge in [-0.05, 0) is 44.5 Å². The Morgan fingerprint density at radius 2 is 1.82 bits per heavy atom. The molecule has 3 N–H and O–H groups in total. The maximum absolute atomic E-state index is 13.6. The lowest BCUT2D eigenvalue weighted by atomic mass is 9.67. The van der Waals surface area contributed by atoms with Crippen LogP contribution in [-0.2, 0) is 40.6 Å². The molecule has 1 spiro atoms. The number of hydrogen-bond acceptors (Lipinski definition) is 8. The van der Waals surface area contributed by atoms with Crippen molar-refractivity contribution >= 4 is 39.5 Å². The topological polar surface area (TPSA) is 117 Å². The van der Waals surface area contributed by atoms with Crippen molar-refractivity contribution in [2.75, 3.05) is 5.32 Å². The zero-order valence-electron chi connectivity index (χ0n) is 18.8. The molecule has 9 heteroatoms. The summed E-state index contributed by atoms with van der Waals surface area (Å²) >= 11 is 3.41. The Bertz CT molecular complexity index is 1250. The van der Waals surface area contributed by atoms with Crippen molar-refractivity contribution in [3.8, 4) is 0 Å². The van der Waals surface area contributed by atoms with Gasteiger partial charge in [-0.25, -0.2) is 14.4 Å². The predicted octanol–water partition coefficient (Wildman–Crippen LogP) is 3.81. The van der Waals surface area contributed by atoms with E-state index in [4.69, 9.17) is 19.9 Å². The van der Waals surface area contributed by atoms with Gasteiger partial charge >= 0.3 is 17.9 Å². The van der Waals surface area contributed by atoms with E-state index in [1.807, 2.05) is 18.2 Å². The van der Waals surface area contributed by atoms with Crippen molar-refractivity contribution in [2.24, 2.45) is 5.73 Å². The van der Waals surface area contributed by atoms with Gasteiger partial charge < -0.3 is 25.3 Å². The number of anilines is 1. The highest BCUT2D eigenvalue weighted by atomic mass is 79.9. The number of nitrogens with one attached hydrogen (secondary N) is 1. The third-order valence-electron chi connectivity index (χ3n) is 5.54. The lowest BCUT2D eigenvalue weighted by molar-refractivity contribution is -0.149. The normalized spacial score (nSPS) is 19.1. The van der Waals surface area contributed by atoms with E-state index in [9.17, 15) is 14.4 Å². The number of rotatable bonds is 5. The van der Waals surface area contributed by atoms with E-state index in [0.29, 0.717) is 15.7 Å². The molecule has 2 heterocycles. The lowest BCUT2D eigenvalue weighted by Crippen LogP contribution is -2.48. The molecule has 8 nitrogen and oxygen atoms in total.